The van der Waals surface area contributed by atoms with Crippen LogP contribution in [-0.2, 0) is 4.79 Å². The van der Waals surface area contributed by atoms with Crippen molar-refractivity contribution in [3.8, 4) is 0 Å². The summed E-state index contributed by atoms with van der Waals surface area (Å²) < 4.78 is 0. The summed E-state index contributed by atoms with van der Waals surface area (Å²) in [6.45, 7) is 0. The highest BCUT2D eigenvalue weighted by molar-refractivity contribution is 5.67. The maximum absolute atomic E-state index is 10.2. The highest BCUT2D eigenvalue weighted by Crippen LogP contribution is 2.15. The molecule has 0 unspecified atom stereocenters. The van der Waals surface area contributed by atoms with E-state index in [4.69, 9.17) is 0 Å². The summed E-state index contributed by atoms with van der Waals surface area (Å²) in [6.07, 6.45) is 12.8. The second kappa shape index (κ2) is 4.89. The van der Waals surface area contributed by atoms with Gasteiger partial charge >= 0.3 is 0 Å². The second-order valence-corrected chi connectivity index (χ2v) is 2.88. The fourth-order valence-electron chi connectivity index (χ4n) is 1.31. The molecule has 0 aliphatic heterocycles. The van der Waals surface area contributed by atoms with E-state index < -0.39 is 0 Å². The smallest absolute Gasteiger partial charge is 0.143 e. The van der Waals surface area contributed by atoms with E-state index in [9.17, 15) is 4.79 Å². The summed E-state index contributed by atoms with van der Waals surface area (Å²) in [5.41, 5.74) is 1.18. The van der Waals surface area contributed by atoms with Gasteiger partial charge < -0.3 is 0 Å². The third kappa shape index (κ3) is 3.17. The van der Waals surface area contributed by atoms with Crippen molar-refractivity contribution in [3.05, 3.63) is 23.8 Å². The first-order valence-electron chi connectivity index (χ1n) is 4.24. The zero-order valence-corrected chi connectivity index (χ0v) is 6.75. The number of carbonyl (C=O) groups excluding carboxylic acids is 1. The highest BCUT2D eigenvalue weighted by Gasteiger charge is 1.96. The van der Waals surface area contributed by atoms with Crippen LogP contribution in [0.3, 0.4) is 0 Å². The van der Waals surface area contributed by atoms with Crippen molar-refractivity contribution in [2.24, 2.45) is 0 Å². The molecule has 0 atom stereocenters. The Morgan fingerprint density at radius 2 is 2.18 bits per heavy atom. The van der Waals surface area contributed by atoms with Gasteiger partial charge in [-0.05, 0) is 37.3 Å². The van der Waals surface area contributed by atoms with E-state index in [1.54, 1.807) is 6.08 Å². The van der Waals surface area contributed by atoms with Crippen LogP contribution in [0.2, 0.25) is 0 Å². The Kier molecular flexibility index (Phi) is 3.67. The molecule has 0 radical (unpaired) electrons. The van der Waals surface area contributed by atoms with Gasteiger partial charge in [-0.25, -0.2) is 0 Å². The standard InChI is InChI=1S/C10H14O/c11-9-8-10-6-4-2-1-3-5-7-10/h4,6,8-9H,1-3,5,7H2/b6-4-,10-8+. The number of allylic oxidation sites excluding steroid dienone is 4. The maximum atomic E-state index is 10.2. The summed E-state index contributed by atoms with van der Waals surface area (Å²) in [7, 11) is 0. The molecule has 1 aliphatic carbocycles. The summed E-state index contributed by atoms with van der Waals surface area (Å²) in [5, 5.41) is 0. The number of carbonyl (C=O) groups is 1. The van der Waals surface area contributed by atoms with E-state index in [1.165, 1.54) is 24.8 Å². The lowest BCUT2D eigenvalue weighted by molar-refractivity contribution is -0.104. The number of aldehydes is 1. The van der Waals surface area contributed by atoms with Crippen molar-refractivity contribution in [2.75, 3.05) is 0 Å². The zero-order chi connectivity index (χ0) is 7.94. The van der Waals surface area contributed by atoms with Crippen molar-refractivity contribution in [3.63, 3.8) is 0 Å². The largest absolute Gasteiger partial charge is 0.299 e. The number of hydrogen-bond acceptors (Lipinski definition) is 1. The van der Waals surface area contributed by atoms with Gasteiger partial charge in [0.2, 0.25) is 0 Å². The molecule has 1 rings (SSSR count). The Morgan fingerprint density at radius 1 is 1.27 bits per heavy atom. The predicted octanol–water partition coefficient (Wildman–Crippen LogP) is 2.63. The van der Waals surface area contributed by atoms with Gasteiger partial charge in [0.05, 0.1) is 0 Å². The molecule has 0 bridgehead atoms. The molecule has 0 saturated heterocycles. The van der Waals surface area contributed by atoms with E-state index in [0.29, 0.717) is 0 Å². The zero-order valence-electron chi connectivity index (χ0n) is 6.75. The predicted molar refractivity (Wildman–Crippen MR) is 46.4 cm³/mol. The lowest BCUT2D eigenvalue weighted by Crippen LogP contribution is -1.86. The average molecular weight is 150 g/mol. The van der Waals surface area contributed by atoms with Crippen LogP contribution >= 0.6 is 0 Å². The molecule has 0 N–H and O–H groups in total. The Morgan fingerprint density at radius 3 is 3.00 bits per heavy atom. The van der Waals surface area contributed by atoms with Gasteiger partial charge in [-0.3, -0.25) is 4.79 Å². The van der Waals surface area contributed by atoms with Crippen molar-refractivity contribution >= 4 is 6.29 Å². The molecular formula is C10H14O. The molecule has 0 heterocycles. The van der Waals surface area contributed by atoms with E-state index in [-0.39, 0.29) is 0 Å². The minimum Gasteiger partial charge on any atom is -0.299 e. The minimum absolute atomic E-state index is 0.876. The molecule has 0 aromatic heterocycles. The van der Waals surface area contributed by atoms with Crippen LogP contribution < -0.4 is 0 Å². The van der Waals surface area contributed by atoms with Crippen molar-refractivity contribution < 1.29 is 4.79 Å². The van der Waals surface area contributed by atoms with Crippen molar-refractivity contribution in [1.82, 2.24) is 0 Å². The molecular weight excluding hydrogens is 136 g/mol. The fraction of sp³-hybridized carbons (Fsp3) is 0.500. The molecule has 60 valence electrons. The third-order valence-electron chi connectivity index (χ3n) is 1.95. The molecule has 11 heavy (non-hydrogen) atoms. The molecule has 1 nitrogen and oxygen atoms in total. The van der Waals surface area contributed by atoms with Crippen LogP contribution in [0.5, 0.6) is 0 Å². The van der Waals surface area contributed by atoms with Crippen LogP contribution in [0.4, 0.5) is 0 Å². The molecule has 0 aromatic rings. The van der Waals surface area contributed by atoms with Crippen LogP contribution in [-0.4, -0.2) is 6.29 Å². The van der Waals surface area contributed by atoms with Crippen LogP contribution in [0.1, 0.15) is 32.1 Å². The number of hydrogen-bond donors (Lipinski definition) is 0. The van der Waals surface area contributed by atoms with E-state index >= 15 is 0 Å². The monoisotopic (exact) mass is 150 g/mol. The summed E-state index contributed by atoms with van der Waals surface area (Å²) in [6, 6.07) is 0. The van der Waals surface area contributed by atoms with E-state index in [2.05, 4.69) is 12.2 Å². The Labute approximate surface area is 67.8 Å². The van der Waals surface area contributed by atoms with E-state index in [0.717, 1.165) is 19.1 Å². The average Bonchev–Trinajstić information content (AvgIpc) is 1.94. The maximum Gasteiger partial charge on any atom is 0.143 e. The summed E-state index contributed by atoms with van der Waals surface area (Å²) >= 11 is 0. The molecule has 0 fully saturated rings. The lowest BCUT2D eigenvalue weighted by Gasteiger charge is -2.04. The molecule has 1 heteroatoms. The first kappa shape index (κ1) is 8.25. The van der Waals surface area contributed by atoms with Gasteiger partial charge in [0.15, 0.2) is 0 Å². The number of rotatable bonds is 1. The van der Waals surface area contributed by atoms with Gasteiger partial charge in [-0.2, -0.15) is 0 Å². The first-order valence-corrected chi connectivity index (χ1v) is 4.24. The fourth-order valence-corrected chi connectivity index (χ4v) is 1.31. The SMILES string of the molecule is O=C/C=C1\C=C/CCCCC1. The molecule has 0 saturated carbocycles. The Balaban J connectivity index is 2.54. The van der Waals surface area contributed by atoms with Crippen LogP contribution in [0.25, 0.3) is 0 Å². The minimum atomic E-state index is 0.876. The Bertz CT molecular complexity index is 177. The molecule has 0 aromatic carbocycles. The molecule has 1 aliphatic rings. The van der Waals surface area contributed by atoms with Gasteiger partial charge in [0.1, 0.15) is 6.29 Å². The van der Waals surface area contributed by atoms with E-state index in [1.807, 2.05) is 0 Å². The summed E-state index contributed by atoms with van der Waals surface area (Å²) in [5.74, 6) is 0. The second-order valence-electron chi connectivity index (χ2n) is 2.88. The van der Waals surface area contributed by atoms with Crippen LogP contribution in [0.15, 0.2) is 23.8 Å². The van der Waals surface area contributed by atoms with Gasteiger partial charge in [-0.1, -0.05) is 18.6 Å². The molecule has 0 spiro atoms. The third-order valence-corrected chi connectivity index (χ3v) is 1.95. The van der Waals surface area contributed by atoms with Crippen LogP contribution in [0, 0.1) is 0 Å². The van der Waals surface area contributed by atoms with Gasteiger partial charge in [0, 0.05) is 0 Å². The van der Waals surface area contributed by atoms with Crippen molar-refractivity contribution in [2.45, 2.75) is 32.1 Å². The normalized spacial score (nSPS) is 25.6. The van der Waals surface area contributed by atoms with Gasteiger partial charge in [-0.15, -0.1) is 0 Å². The first-order chi connectivity index (χ1) is 5.43. The van der Waals surface area contributed by atoms with Crippen molar-refractivity contribution in [1.29, 1.82) is 0 Å². The van der Waals surface area contributed by atoms with Gasteiger partial charge in [0.25, 0.3) is 0 Å². The molecule has 0 amide bonds. The Hall–Kier alpha value is -0.850. The topological polar surface area (TPSA) is 17.1 Å². The summed E-state index contributed by atoms with van der Waals surface area (Å²) in [4.78, 5) is 10.2. The quantitative estimate of drug-likeness (QED) is 0.415. The lowest BCUT2D eigenvalue weighted by atomic mass is 10.0. The highest BCUT2D eigenvalue weighted by atomic mass is 16.1.